The summed E-state index contributed by atoms with van der Waals surface area (Å²) in [6.07, 6.45) is 0.0699. The maximum absolute atomic E-state index is 15.2. The fourth-order valence-corrected chi connectivity index (χ4v) is 5.31. The number of nitriles is 1. The second-order valence-corrected chi connectivity index (χ2v) is 10.3. The number of amides is 1. The van der Waals surface area contributed by atoms with Crippen LogP contribution >= 0.6 is 0 Å². The number of fused-ring (bicyclic) bond motifs is 1. The molecule has 1 aromatic heterocycles. The Morgan fingerprint density at radius 1 is 1.27 bits per heavy atom. The minimum Gasteiger partial charge on any atom is -0.408 e. The fraction of sp³-hybridized carbons (Fsp3) is 0.464. The number of hydrogen-bond acceptors (Lipinski definition) is 7. The first-order valence-electron chi connectivity index (χ1n) is 13.2. The number of alkyl halides is 2. The maximum Gasteiger partial charge on any atom is 0.420 e. The van der Waals surface area contributed by atoms with Crippen LogP contribution in [0.3, 0.4) is 0 Å². The van der Waals surface area contributed by atoms with Crippen molar-refractivity contribution in [3.63, 3.8) is 0 Å². The van der Waals surface area contributed by atoms with E-state index in [1.807, 2.05) is 6.07 Å². The summed E-state index contributed by atoms with van der Waals surface area (Å²) in [4.78, 5) is 26.7. The second-order valence-electron chi connectivity index (χ2n) is 10.3. The smallest absolute Gasteiger partial charge is 0.408 e. The molecule has 3 aromatic rings. The van der Waals surface area contributed by atoms with Gasteiger partial charge in [0.05, 0.1) is 18.1 Å². The number of aromatic nitrogens is 1. The quantitative estimate of drug-likeness (QED) is 0.479. The Morgan fingerprint density at radius 3 is 2.80 bits per heavy atom. The molecule has 9 nitrogen and oxygen atoms in total. The molecular weight excluding hydrogens is 527 g/mol. The van der Waals surface area contributed by atoms with Gasteiger partial charge in [-0.15, -0.1) is 0 Å². The number of oxazole rings is 1. The van der Waals surface area contributed by atoms with E-state index in [2.05, 4.69) is 10.6 Å². The number of nitrogens with zero attached hydrogens (tertiary/aromatic N) is 3. The molecule has 40 heavy (non-hydrogen) atoms. The summed E-state index contributed by atoms with van der Waals surface area (Å²) < 4.78 is 56.7. The van der Waals surface area contributed by atoms with Crippen LogP contribution in [0.5, 0.6) is 0 Å². The number of likely N-dealkylation sites (tertiary alicyclic amines) is 1. The summed E-state index contributed by atoms with van der Waals surface area (Å²) in [6.45, 7) is 1.43. The molecular formula is C28H30F3N5O4. The van der Waals surface area contributed by atoms with Gasteiger partial charge in [-0.1, -0.05) is 18.2 Å². The molecule has 2 saturated heterocycles. The average molecular weight is 558 g/mol. The van der Waals surface area contributed by atoms with Crippen LogP contribution in [0.25, 0.3) is 22.2 Å². The summed E-state index contributed by atoms with van der Waals surface area (Å²) in [5, 5.41) is 15.3. The number of nitrogens with one attached hydrogen (secondary N) is 2. The molecule has 0 aliphatic carbocycles. The Morgan fingerprint density at radius 2 is 2.05 bits per heavy atom. The molecule has 3 heterocycles. The van der Waals surface area contributed by atoms with Gasteiger partial charge in [0, 0.05) is 26.1 Å². The Hall–Kier alpha value is -3.66. The summed E-state index contributed by atoms with van der Waals surface area (Å²) in [6, 6.07) is 8.78. The van der Waals surface area contributed by atoms with E-state index in [0.717, 1.165) is 17.5 Å². The number of carbonyl (C=O) groups is 1. The number of rotatable bonds is 6. The lowest BCUT2D eigenvalue weighted by molar-refractivity contribution is -0.132. The van der Waals surface area contributed by atoms with Crippen LogP contribution in [0.1, 0.15) is 24.4 Å². The van der Waals surface area contributed by atoms with Gasteiger partial charge in [-0.3, -0.25) is 9.36 Å². The first-order valence-corrected chi connectivity index (χ1v) is 13.2. The Labute approximate surface area is 228 Å². The van der Waals surface area contributed by atoms with E-state index in [4.69, 9.17) is 9.15 Å². The predicted molar refractivity (Wildman–Crippen MR) is 140 cm³/mol. The molecule has 1 unspecified atom stereocenters. The largest absolute Gasteiger partial charge is 0.420 e. The van der Waals surface area contributed by atoms with Crippen molar-refractivity contribution in [2.24, 2.45) is 0 Å². The van der Waals surface area contributed by atoms with Crippen LogP contribution in [0.4, 0.5) is 13.2 Å². The van der Waals surface area contributed by atoms with E-state index in [1.165, 1.54) is 23.1 Å². The number of piperidine rings is 1. The lowest BCUT2D eigenvalue weighted by Gasteiger charge is -2.36. The van der Waals surface area contributed by atoms with Crippen molar-refractivity contribution in [3.8, 4) is 17.2 Å². The number of hydrogen-bond donors (Lipinski definition) is 2. The van der Waals surface area contributed by atoms with Gasteiger partial charge >= 0.3 is 5.76 Å². The third-order valence-corrected chi connectivity index (χ3v) is 7.40. The third kappa shape index (κ3) is 5.77. The van der Waals surface area contributed by atoms with Gasteiger partial charge in [-0.25, -0.2) is 18.0 Å². The molecule has 0 spiro atoms. The molecule has 2 aliphatic heterocycles. The van der Waals surface area contributed by atoms with Crippen molar-refractivity contribution < 1.29 is 27.1 Å². The first-order chi connectivity index (χ1) is 19.2. The van der Waals surface area contributed by atoms with Crippen LogP contribution in [0.15, 0.2) is 45.6 Å². The highest BCUT2D eigenvalue weighted by Gasteiger charge is 2.46. The molecule has 1 amide bonds. The molecule has 2 N–H and O–H groups in total. The van der Waals surface area contributed by atoms with Gasteiger partial charge in [0.25, 0.3) is 11.8 Å². The number of benzene rings is 2. The highest BCUT2D eigenvalue weighted by Crippen LogP contribution is 2.38. The molecule has 0 radical (unpaired) electrons. The third-order valence-electron chi connectivity index (χ3n) is 7.40. The molecule has 2 aliphatic rings. The zero-order chi connectivity index (χ0) is 28.4. The number of halogens is 3. The van der Waals surface area contributed by atoms with Crippen molar-refractivity contribution in [1.29, 1.82) is 5.26 Å². The topological polar surface area (TPSA) is 113 Å². The molecule has 2 fully saturated rings. The van der Waals surface area contributed by atoms with Crippen LogP contribution < -0.4 is 16.4 Å². The minimum absolute atomic E-state index is 0.0555. The SMILES string of the molecule is CN1CCC(n2c(=O)oc3ccc(-c4ccc(C[C@@H](C#N)NC(=O)[C@@H]5CNCCCO5)c(F)c4)cc32)C(F)(F)C1. The van der Waals surface area contributed by atoms with Crippen LogP contribution in [-0.4, -0.2) is 73.3 Å². The van der Waals surface area contributed by atoms with E-state index in [9.17, 15) is 23.6 Å². The van der Waals surface area contributed by atoms with E-state index >= 15 is 4.39 Å². The van der Waals surface area contributed by atoms with Gasteiger partial charge < -0.3 is 24.7 Å². The van der Waals surface area contributed by atoms with Gasteiger partial charge in [0.2, 0.25) is 0 Å². The molecule has 5 rings (SSSR count). The maximum atomic E-state index is 15.2. The zero-order valence-corrected chi connectivity index (χ0v) is 22.0. The van der Waals surface area contributed by atoms with E-state index < -0.39 is 48.1 Å². The van der Waals surface area contributed by atoms with Gasteiger partial charge in [-0.05, 0) is 61.3 Å². The van der Waals surface area contributed by atoms with Crippen molar-refractivity contribution >= 4 is 17.0 Å². The van der Waals surface area contributed by atoms with Gasteiger partial charge in [0.15, 0.2) is 5.58 Å². The van der Waals surface area contributed by atoms with Crippen LogP contribution in [-0.2, 0) is 16.0 Å². The molecule has 12 heteroatoms. The zero-order valence-electron chi connectivity index (χ0n) is 22.0. The average Bonchev–Trinajstić information content (AvgIpc) is 3.06. The standard InChI is InChI=1S/C28H30F3N5O4/c1-35-9-7-25(28(30,31)16-35)36-22-13-18(5-6-23(22)40-27(36)38)17-3-4-19(21(29)12-17)11-20(14-32)34-26(37)24-15-33-8-2-10-39-24/h3-6,12-13,20,24-25,33H,2,7-11,15-16H2,1H3,(H,34,37)/t20-,24-,25?/m0/s1. The molecule has 212 valence electrons. The fourth-order valence-electron chi connectivity index (χ4n) is 5.31. The van der Waals surface area contributed by atoms with Crippen molar-refractivity contribution in [2.75, 3.05) is 39.8 Å². The van der Waals surface area contributed by atoms with E-state index in [-0.39, 0.29) is 29.5 Å². The summed E-state index contributed by atoms with van der Waals surface area (Å²) in [5.41, 5.74) is 1.56. The highest BCUT2D eigenvalue weighted by molar-refractivity contribution is 5.82. The summed E-state index contributed by atoms with van der Waals surface area (Å²) >= 11 is 0. The normalized spacial score (nSPS) is 22.4. The van der Waals surface area contributed by atoms with E-state index in [0.29, 0.717) is 30.8 Å². The second kappa shape index (κ2) is 11.4. The lowest BCUT2D eigenvalue weighted by atomic mass is 9.98. The van der Waals surface area contributed by atoms with E-state index in [1.54, 1.807) is 25.2 Å². The first kappa shape index (κ1) is 27.9. The molecule has 0 saturated carbocycles. The molecule has 3 atom stereocenters. The Kier molecular flexibility index (Phi) is 7.98. The Bertz CT molecular complexity index is 1490. The minimum atomic E-state index is -3.14. The van der Waals surface area contributed by atoms with Gasteiger partial charge in [-0.2, -0.15) is 5.26 Å². The molecule has 0 bridgehead atoms. The monoisotopic (exact) mass is 557 g/mol. The predicted octanol–water partition coefficient (Wildman–Crippen LogP) is 2.84. The Balaban J connectivity index is 1.36. The summed E-state index contributed by atoms with van der Waals surface area (Å²) in [7, 11) is 1.60. The van der Waals surface area contributed by atoms with Crippen LogP contribution in [0.2, 0.25) is 0 Å². The lowest BCUT2D eigenvalue weighted by Crippen LogP contribution is -2.49. The molecule has 2 aromatic carbocycles. The van der Waals surface area contributed by atoms with Crippen molar-refractivity contribution in [3.05, 3.63) is 58.3 Å². The van der Waals surface area contributed by atoms with Crippen molar-refractivity contribution in [1.82, 2.24) is 20.1 Å². The summed E-state index contributed by atoms with van der Waals surface area (Å²) in [5.74, 6) is -5.03. The number of ether oxygens (including phenoxy) is 1. The van der Waals surface area contributed by atoms with Crippen LogP contribution in [0, 0.1) is 17.1 Å². The van der Waals surface area contributed by atoms with Crippen molar-refractivity contribution in [2.45, 2.75) is 43.4 Å². The van der Waals surface area contributed by atoms with Gasteiger partial charge in [0.1, 0.15) is 24.0 Å². The number of carbonyl (C=O) groups excluding carboxylic acids is 1. The highest BCUT2D eigenvalue weighted by atomic mass is 19.3.